The van der Waals surface area contributed by atoms with Crippen LogP contribution in [0.2, 0.25) is 0 Å². The Morgan fingerprint density at radius 1 is 0.949 bits per heavy atom. The third-order valence-electron chi connectivity index (χ3n) is 7.80. The number of hydrogen-bond acceptors (Lipinski definition) is 9. The van der Waals surface area contributed by atoms with Crippen LogP contribution in [0.5, 0.6) is 11.5 Å². The van der Waals surface area contributed by atoms with E-state index in [4.69, 9.17) is 9.47 Å². The van der Waals surface area contributed by atoms with Crippen LogP contribution in [-0.4, -0.2) is 85.0 Å². The van der Waals surface area contributed by atoms with Gasteiger partial charge in [-0.15, -0.1) is 0 Å². The van der Waals surface area contributed by atoms with Gasteiger partial charge in [0.05, 0.1) is 34.3 Å². The lowest BCUT2D eigenvalue weighted by Gasteiger charge is -2.42. The van der Waals surface area contributed by atoms with Gasteiger partial charge in [0.2, 0.25) is 0 Å². The number of amides is 2. The molecular formula is C27H23N3O9. The predicted octanol–water partition coefficient (Wildman–Crippen LogP) is 1.35. The number of carbonyl (C=O) groups excluding carboxylic acids is 2. The number of aromatic hydroxyl groups is 2. The van der Waals surface area contributed by atoms with Crippen molar-refractivity contribution in [1.29, 1.82) is 0 Å². The molecule has 5 aromatic rings. The lowest BCUT2D eigenvalue weighted by molar-refractivity contribution is -0.255. The van der Waals surface area contributed by atoms with E-state index >= 15 is 0 Å². The highest BCUT2D eigenvalue weighted by Crippen LogP contribution is 2.47. The molecule has 0 saturated carbocycles. The molecule has 39 heavy (non-hydrogen) atoms. The number of nitrogens with one attached hydrogen (secondary N) is 2. The van der Waals surface area contributed by atoms with Crippen molar-refractivity contribution in [3.8, 4) is 11.5 Å². The lowest BCUT2D eigenvalue weighted by atomic mass is 9.96. The smallest absolute Gasteiger partial charge is 0.259 e. The van der Waals surface area contributed by atoms with Crippen molar-refractivity contribution in [3.05, 3.63) is 47.5 Å². The van der Waals surface area contributed by atoms with Crippen LogP contribution < -0.4 is 5.32 Å². The fraction of sp³-hybridized carbons (Fsp3) is 0.259. The van der Waals surface area contributed by atoms with Gasteiger partial charge in [0.1, 0.15) is 35.9 Å². The van der Waals surface area contributed by atoms with Crippen molar-refractivity contribution in [2.75, 3.05) is 13.7 Å². The van der Waals surface area contributed by atoms with Gasteiger partial charge in [-0.1, -0.05) is 0 Å². The molecule has 2 aliphatic heterocycles. The minimum absolute atomic E-state index is 0.0435. The van der Waals surface area contributed by atoms with Crippen molar-refractivity contribution in [2.24, 2.45) is 0 Å². The molecule has 0 bridgehead atoms. The Balaban J connectivity index is 1.69. The van der Waals surface area contributed by atoms with E-state index < -0.39 is 49.1 Å². The summed E-state index contributed by atoms with van der Waals surface area (Å²) in [6, 6.07) is 9.04. The van der Waals surface area contributed by atoms with Gasteiger partial charge in [0, 0.05) is 34.2 Å². The van der Waals surface area contributed by atoms with E-state index in [1.165, 1.54) is 31.4 Å². The highest BCUT2D eigenvalue weighted by atomic mass is 16.6. The van der Waals surface area contributed by atoms with Gasteiger partial charge in [-0.25, -0.2) is 0 Å². The summed E-state index contributed by atoms with van der Waals surface area (Å²) in [6.45, 7) is -0.510. The van der Waals surface area contributed by atoms with E-state index in [2.05, 4.69) is 10.3 Å². The summed E-state index contributed by atoms with van der Waals surface area (Å²) in [5.41, 5.74) is 1.94. The molecule has 7 N–H and O–H groups in total. The summed E-state index contributed by atoms with van der Waals surface area (Å²) in [5.74, 6) is -1.39. The summed E-state index contributed by atoms with van der Waals surface area (Å²) < 4.78 is 13.0. The molecule has 7 rings (SSSR count). The Hall–Kier alpha value is -4.20. The molecular weight excluding hydrogens is 510 g/mol. The molecule has 0 radical (unpaired) electrons. The molecule has 0 aliphatic carbocycles. The number of methoxy groups -OCH3 is 1. The normalized spacial score (nSPS) is 25.3. The number of aliphatic hydroxyl groups excluding tert-OH is 3. The number of fused-ring (bicyclic) bond motifs is 10. The van der Waals surface area contributed by atoms with Crippen LogP contribution in [0.25, 0.3) is 43.6 Å². The molecule has 12 heteroatoms. The number of nitrogens with zero attached hydrogens (tertiary/aromatic N) is 1. The van der Waals surface area contributed by atoms with Crippen molar-refractivity contribution in [1.82, 2.24) is 14.9 Å². The average Bonchev–Trinajstić information content (AvgIpc) is 3.54. The number of hydrogen-bond donors (Lipinski definition) is 7. The maximum Gasteiger partial charge on any atom is 0.259 e. The minimum atomic E-state index is -1.53. The molecule has 2 aromatic heterocycles. The largest absolute Gasteiger partial charge is 0.508 e. The molecule has 2 amide bonds. The van der Waals surface area contributed by atoms with Crippen LogP contribution in [0.1, 0.15) is 26.9 Å². The number of carbonyl (C=O) groups is 2. The molecule has 1 fully saturated rings. The van der Waals surface area contributed by atoms with Crippen LogP contribution in [-0.2, 0) is 9.47 Å². The van der Waals surface area contributed by atoms with Crippen LogP contribution >= 0.6 is 0 Å². The second-order valence-corrected chi connectivity index (χ2v) is 9.86. The van der Waals surface area contributed by atoms with Crippen LogP contribution in [0, 0.1) is 0 Å². The van der Waals surface area contributed by atoms with Crippen LogP contribution in [0.3, 0.4) is 0 Å². The average molecular weight is 533 g/mol. The SMILES string of the molecule is CO[C@H]1[C@@H](O)[C@H](O)[C@H](n2c3ccc(O)cc3c3c4c(c5c6cc(O)ccc6[nH]c5c32)C(=O)NC4=O)O[C@H]1CO. The number of ether oxygens (including phenoxy) is 2. The number of H-pyrrole nitrogens is 1. The molecule has 1 saturated heterocycles. The molecule has 200 valence electrons. The third-order valence-corrected chi connectivity index (χ3v) is 7.80. The van der Waals surface area contributed by atoms with Crippen LogP contribution in [0.15, 0.2) is 36.4 Å². The standard InChI is InChI=1S/C27H23N3O9/c1-38-24-15(8-31)39-27(23(35)22(24)34)30-14-5-3-10(33)7-12(14)17-19-18(25(36)29-26(19)37)16-11-6-9(32)2-4-13(11)28-20(16)21(17)30/h2-7,15,22-24,27-28,31-35H,8H2,1H3,(H,29,36,37)/t15-,22-,23-,24+,27+/m0/s1. The molecule has 0 unspecified atom stereocenters. The second kappa shape index (κ2) is 8.15. The molecule has 12 nitrogen and oxygen atoms in total. The van der Waals surface area contributed by atoms with E-state index in [0.29, 0.717) is 43.6 Å². The first-order chi connectivity index (χ1) is 18.7. The Morgan fingerprint density at radius 3 is 2.31 bits per heavy atom. The van der Waals surface area contributed by atoms with Gasteiger partial charge < -0.3 is 44.6 Å². The third kappa shape index (κ3) is 3.05. The number of phenols is 2. The summed E-state index contributed by atoms with van der Waals surface area (Å²) in [5, 5.41) is 56.7. The molecule has 0 spiro atoms. The van der Waals surface area contributed by atoms with Gasteiger partial charge in [0.15, 0.2) is 6.23 Å². The van der Waals surface area contributed by atoms with E-state index in [9.17, 15) is 35.1 Å². The van der Waals surface area contributed by atoms with Crippen molar-refractivity contribution in [3.63, 3.8) is 0 Å². The first-order valence-electron chi connectivity index (χ1n) is 12.2. The summed E-state index contributed by atoms with van der Waals surface area (Å²) in [6.07, 6.45) is -6.25. The number of benzene rings is 3. The van der Waals surface area contributed by atoms with Crippen LogP contribution in [0.4, 0.5) is 0 Å². The Morgan fingerprint density at radius 2 is 1.62 bits per heavy atom. The predicted molar refractivity (Wildman–Crippen MR) is 138 cm³/mol. The molecule has 3 aromatic carbocycles. The number of phenolic OH excluding ortho intramolecular Hbond substituents is 2. The maximum absolute atomic E-state index is 13.2. The summed E-state index contributed by atoms with van der Waals surface area (Å²) in [4.78, 5) is 29.6. The lowest BCUT2D eigenvalue weighted by Crippen LogP contribution is -2.57. The number of aromatic nitrogens is 2. The Kier molecular flexibility index (Phi) is 4.99. The van der Waals surface area contributed by atoms with Crippen molar-refractivity contribution < 1.29 is 44.6 Å². The second-order valence-electron chi connectivity index (χ2n) is 9.86. The van der Waals surface area contributed by atoms with Crippen molar-refractivity contribution in [2.45, 2.75) is 30.6 Å². The molecule has 2 aliphatic rings. The number of imide groups is 1. The number of rotatable bonds is 3. The topological polar surface area (TPSA) is 186 Å². The van der Waals surface area contributed by atoms with Gasteiger partial charge >= 0.3 is 0 Å². The first kappa shape index (κ1) is 23.9. The van der Waals surface area contributed by atoms with Gasteiger partial charge in [-0.05, 0) is 36.4 Å². The highest BCUT2D eigenvalue weighted by Gasteiger charge is 2.47. The van der Waals surface area contributed by atoms with E-state index in [1.54, 1.807) is 16.7 Å². The minimum Gasteiger partial charge on any atom is -0.508 e. The number of aromatic amines is 1. The van der Waals surface area contributed by atoms with E-state index in [-0.39, 0.29) is 22.6 Å². The summed E-state index contributed by atoms with van der Waals surface area (Å²) >= 11 is 0. The van der Waals surface area contributed by atoms with Crippen molar-refractivity contribution >= 4 is 55.4 Å². The highest BCUT2D eigenvalue weighted by molar-refractivity contribution is 6.39. The zero-order valence-electron chi connectivity index (χ0n) is 20.4. The van der Waals surface area contributed by atoms with E-state index in [0.717, 1.165) is 0 Å². The zero-order valence-corrected chi connectivity index (χ0v) is 20.4. The Bertz CT molecular complexity index is 1870. The molecule has 4 heterocycles. The summed E-state index contributed by atoms with van der Waals surface area (Å²) in [7, 11) is 1.33. The van der Waals surface area contributed by atoms with Gasteiger partial charge in [0.25, 0.3) is 11.8 Å². The fourth-order valence-electron chi connectivity index (χ4n) is 6.19. The Labute approximate surface area is 218 Å². The maximum atomic E-state index is 13.2. The van der Waals surface area contributed by atoms with Gasteiger partial charge in [-0.3, -0.25) is 14.9 Å². The molecule has 5 atom stereocenters. The monoisotopic (exact) mass is 533 g/mol. The number of aliphatic hydroxyl groups is 3. The van der Waals surface area contributed by atoms with Gasteiger partial charge in [-0.2, -0.15) is 0 Å². The quantitative estimate of drug-likeness (QED) is 0.168. The zero-order chi connectivity index (χ0) is 27.3. The van der Waals surface area contributed by atoms with E-state index in [1.807, 2.05) is 0 Å². The first-order valence-corrected chi connectivity index (χ1v) is 12.2. The fourth-order valence-corrected chi connectivity index (χ4v) is 6.19.